The Morgan fingerprint density at radius 2 is 2.07 bits per heavy atom. The van der Waals surface area contributed by atoms with Gasteiger partial charge in [-0.25, -0.2) is 4.39 Å². The van der Waals surface area contributed by atoms with Crippen LogP contribution in [-0.4, -0.2) is 56.9 Å². The third-order valence-electron chi connectivity index (χ3n) is 5.48. The first-order valence-electron chi connectivity index (χ1n) is 9.48. The van der Waals surface area contributed by atoms with E-state index in [9.17, 15) is 4.39 Å². The number of hydrogen-bond donors (Lipinski definition) is 3. The number of fused-ring (bicyclic) bond motifs is 1. The Morgan fingerprint density at radius 1 is 1.33 bits per heavy atom. The number of halogens is 1. The quantitative estimate of drug-likeness (QED) is 0.675. The summed E-state index contributed by atoms with van der Waals surface area (Å²) >= 11 is 0. The van der Waals surface area contributed by atoms with Crippen LogP contribution in [0.1, 0.15) is 31.4 Å². The monoisotopic (exact) mass is 379 g/mol. The van der Waals surface area contributed by atoms with Crippen LogP contribution >= 0.6 is 0 Å². The van der Waals surface area contributed by atoms with Gasteiger partial charge in [0.05, 0.1) is 6.04 Å². The molecule has 0 aromatic heterocycles. The lowest BCUT2D eigenvalue weighted by Gasteiger charge is -2.39. The number of rotatable bonds is 7. The molecule has 0 radical (unpaired) electrons. The number of allylic oxidation sites excluding steroid dienone is 1. The number of nitrogens with two attached hydrogens (primary N) is 1. The molecule has 3 rings (SSSR count). The first kappa shape index (κ1) is 21.5. The molecule has 0 amide bonds. The average Bonchev–Trinajstić information content (AvgIpc) is 3.13. The molecule has 1 aromatic rings. The summed E-state index contributed by atoms with van der Waals surface area (Å²) in [7, 11) is 1.61. The van der Waals surface area contributed by atoms with E-state index < -0.39 is 12.7 Å². The van der Waals surface area contributed by atoms with E-state index in [2.05, 4.69) is 27.2 Å². The van der Waals surface area contributed by atoms with Crippen LogP contribution in [0.4, 0.5) is 10.1 Å². The standard InChI is InChI=1S/C20H31FN4O.H3N/c1-15(22)13-23-19(12-21)20(26-2)16-5-7-17(8-6-16)25-11-10-24-9-3-4-18(24)14-25;/h5-8,13,18-20,23H,3-4,9-12,14,22H2,1-2H3;1H3/b15-13-;/t18-,19-,20-;/m1./s1. The molecule has 7 heteroatoms. The van der Waals surface area contributed by atoms with E-state index in [0.717, 1.165) is 25.2 Å². The van der Waals surface area contributed by atoms with Crippen molar-refractivity contribution in [3.63, 3.8) is 0 Å². The number of nitrogens with one attached hydrogen (secondary N) is 1. The number of methoxy groups -OCH3 is 1. The second-order valence-electron chi connectivity index (χ2n) is 7.34. The van der Waals surface area contributed by atoms with Crippen LogP contribution in [0.15, 0.2) is 36.2 Å². The van der Waals surface area contributed by atoms with Crippen molar-refractivity contribution in [2.24, 2.45) is 5.73 Å². The van der Waals surface area contributed by atoms with Gasteiger partial charge in [-0.1, -0.05) is 12.1 Å². The number of ether oxygens (including phenoxy) is 1. The summed E-state index contributed by atoms with van der Waals surface area (Å²) < 4.78 is 19.1. The molecule has 2 heterocycles. The molecule has 6 N–H and O–H groups in total. The van der Waals surface area contributed by atoms with Crippen LogP contribution in [-0.2, 0) is 4.74 Å². The highest BCUT2D eigenvalue weighted by molar-refractivity contribution is 5.49. The van der Waals surface area contributed by atoms with Gasteiger partial charge in [-0.15, -0.1) is 0 Å². The van der Waals surface area contributed by atoms with Crippen LogP contribution in [0.25, 0.3) is 0 Å². The van der Waals surface area contributed by atoms with Crippen LogP contribution < -0.4 is 22.1 Å². The molecule has 0 bridgehead atoms. The highest BCUT2D eigenvalue weighted by atomic mass is 19.1. The molecule has 0 unspecified atom stereocenters. The molecule has 0 spiro atoms. The number of piperazine rings is 1. The minimum absolute atomic E-state index is 0. The fourth-order valence-electron chi connectivity index (χ4n) is 4.08. The number of nitrogens with zero attached hydrogens (tertiary/aromatic N) is 2. The Balaban J connectivity index is 0.00000261. The minimum atomic E-state index is -0.534. The van der Waals surface area contributed by atoms with Crippen molar-refractivity contribution in [2.45, 2.75) is 38.0 Å². The van der Waals surface area contributed by atoms with Crippen LogP contribution in [0.5, 0.6) is 0 Å². The second-order valence-corrected chi connectivity index (χ2v) is 7.34. The topological polar surface area (TPSA) is 88.8 Å². The third-order valence-corrected chi connectivity index (χ3v) is 5.48. The molecule has 152 valence electrons. The minimum Gasteiger partial charge on any atom is -0.401 e. The van der Waals surface area contributed by atoms with Crippen molar-refractivity contribution >= 4 is 5.69 Å². The predicted molar refractivity (Wildman–Crippen MR) is 109 cm³/mol. The predicted octanol–water partition coefficient (Wildman–Crippen LogP) is 2.57. The summed E-state index contributed by atoms with van der Waals surface area (Å²) in [6.07, 6.45) is 3.89. The molecule has 2 fully saturated rings. The lowest BCUT2D eigenvalue weighted by atomic mass is 10.0. The number of anilines is 1. The molecule has 2 aliphatic heterocycles. The highest BCUT2D eigenvalue weighted by Crippen LogP contribution is 2.28. The van der Waals surface area contributed by atoms with Gasteiger partial charge >= 0.3 is 0 Å². The Labute approximate surface area is 162 Å². The summed E-state index contributed by atoms with van der Waals surface area (Å²) in [4.78, 5) is 5.07. The molecule has 0 aliphatic carbocycles. The van der Waals surface area contributed by atoms with Crippen LogP contribution in [0.3, 0.4) is 0 Å². The molecule has 27 heavy (non-hydrogen) atoms. The number of alkyl halides is 1. The molecule has 2 saturated heterocycles. The zero-order chi connectivity index (χ0) is 18.5. The van der Waals surface area contributed by atoms with E-state index in [1.165, 1.54) is 25.1 Å². The van der Waals surface area contributed by atoms with Crippen molar-refractivity contribution in [1.29, 1.82) is 0 Å². The van der Waals surface area contributed by atoms with Crippen molar-refractivity contribution in [1.82, 2.24) is 16.4 Å². The smallest absolute Gasteiger partial charge is 0.112 e. The number of hydrogen-bond acceptors (Lipinski definition) is 6. The maximum absolute atomic E-state index is 13.5. The summed E-state index contributed by atoms with van der Waals surface area (Å²) in [6.45, 7) is 5.80. The molecular formula is C20H34FN5O. The molecule has 1 aromatic carbocycles. The van der Waals surface area contributed by atoms with E-state index in [1.54, 1.807) is 20.2 Å². The van der Waals surface area contributed by atoms with E-state index in [1.807, 2.05) is 12.1 Å². The summed E-state index contributed by atoms with van der Waals surface area (Å²) in [5.41, 5.74) is 8.45. The number of benzene rings is 1. The summed E-state index contributed by atoms with van der Waals surface area (Å²) in [5, 5.41) is 3.02. The van der Waals surface area contributed by atoms with Gasteiger partial charge in [0.1, 0.15) is 12.8 Å². The maximum Gasteiger partial charge on any atom is 0.112 e. The van der Waals surface area contributed by atoms with Crippen molar-refractivity contribution in [3.8, 4) is 0 Å². The molecule has 3 atom stereocenters. The van der Waals surface area contributed by atoms with E-state index in [4.69, 9.17) is 10.5 Å². The van der Waals surface area contributed by atoms with E-state index >= 15 is 0 Å². The van der Waals surface area contributed by atoms with Gasteiger partial charge in [0.25, 0.3) is 0 Å². The average molecular weight is 380 g/mol. The lowest BCUT2D eigenvalue weighted by molar-refractivity contribution is 0.0634. The van der Waals surface area contributed by atoms with Gasteiger partial charge in [0.15, 0.2) is 0 Å². The summed E-state index contributed by atoms with van der Waals surface area (Å²) in [6, 6.07) is 8.59. The van der Waals surface area contributed by atoms with Gasteiger partial charge in [-0.2, -0.15) is 0 Å². The fourth-order valence-corrected chi connectivity index (χ4v) is 4.08. The molecule has 0 saturated carbocycles. The van der Waals surface area contributed by atoms with Crippen molar-refractivity contribution in [3.05, 3.63) is 41.7 Å². The zero-order valence-corrected chi connectivity index (χ0v) is 16.5. The Hall–Kier alpha value is -1.83. The van der Waals surface area contributed by atoms with Crippen LogP contribution in [0.2, 0.25) is 0 Å². The lowest BCUT2D eigenvalue weighted by Crippen LogP contribution is -2.50. The van der Waals surface area contributed by atoms with E-state index in [0.29, 0.717) is 11.7 Å². The second kappa shape index (κ2) is 9.92. The molecular weight excluding hydrogens is 345 g/mol. The van der Waals surface area contributed by atoms with Gasteiger partial charge < -0.3 is 26.8 Å². The van der Waals surface area contributed by atoms with E-state index in [-0.39, 0.29) is 12.3 Å². The van der Waals surface area contributed by atoms with Crippen molar-refractivity contribution in [2.75, 3.05) is 44.9 Å². The zero-order valence-electron chi connectivity index (χ0n) is 16.5. The van der Waals surface area contributed by atoms with Crippen molar-refractivity contribution < 1.29 is 9.13 Å². The maximum atomic E-state index is 13.5. The molecule has 2 aliphatic rings. The Kier molecular flexibility index (Phi) is 7.89. The Morgan fingerprint density at radius 3 is 2.70 bits per heavy atom. The van der Waals surface area contributed by atoms with Crippen LogP contribution in [0, 0.1) is 0 Å². The summed E-state index contributed by atoms with van der Waals surface area (Å²) in [5.74, 6) is 0. The third kappa shape index (κ3) is 5.12. The van der Waals surface area contributed by atoms with Gasteiger partial charge in [0, 0.05) is 50.4 Å². The SMILES string of the molecule is CO[C@H](c1ccc(N2CCN3CCC[C@@H]3C2)cc1)[C@@H](CF)N/C=C(/C)N.N. The fraction of sp³-hybridized carbons (Fsp3) is 0.600. The Bertz CT molecular complexity index is 605. The van der Waals surface area contributed by atoms with Gasteiger partial charge in [0.2, 0.25) is 0 Å². The largest absolute Gasteiger partial charge is 0.401 e. The first-order chi connectivity index (χ1) is 12.6. The molecule has 6 nitrogen and oxygen atoms in total. The first-order valence-corrected chi connectivity index (χ1v) is 9.48. The van der Waals surface area contributed by atoms with Gasteiger partial charge in [-0.05, 0) is 44.0 Å². The van der Waals surface area contributed by atoms with Gasteiger partial charge in [-0.3, -0.25) is 4.90 Å². The normalized spacial score (nSPS) is 22.7. The highest BCUT2D eigenvalue weighted by Gasteiger charge is 2.30.